The Balaban J connectivity index is 0.00000191. The fourth-order valence-corrected chi connectivity index (χ4v) is 1.70. The third-order valence-electron chi connectivity index (χ3n) is 2.50. The number of nitrogens with one attached hydrogen (secondary N) is 1. The third-order valence-corrected chi connectivity index (χ3v) is 2.50. The van der Waals surface area contributed by atoms with Crippen LogP contribution in [-0.4, -0.2) is 28.8 Å². The van der Waals surface area contributed by atoms with E-state index < -0.39 is 23.7 Å². The standard InChI is InChI=1S/C14H21NO4.C2H6/c1-14(2,3)19-13(18)15-11(12(16)17)9-10-7-5-4-6-8-10;1-2/h5,7-8,11H,4,6,9H2,1-3H3,(H,15,18)(H,16,17);1-2H3. The summed E-state index contributed by atoms with van der Waals surface area (Å²) in [5, 5.41) is 11.5. The Bertz CT molecular complexity index is 405. The molecule has 2 N–H and O–H groups in total. The number of carboxylic acids is 1. The topological polar surface area (TPSA) is 75.6 Å². The van der Waals surface area contributed by atoms with Gasteiger partial charge in [-0.3, -0.25) is 0 Å². The second-order valence-electron chi connectivity index (χ2n) is 5.50. The van der Waals surface area contributed by atoms with E-state index in [4.69, 9.17) is 9.84 Å². The van der Waals surface area contributed by atoms with E-state index in [9.17, 15) is 9.59 Å². The minimum Gasteiger partial charge on any atom is -0.480 e. The molecule has 120 valence electrons. The molecule has 0 spiro atoms. The van der Waals surface area contributed by atoms with Crippen molar-refractivity contribution in [2.24, 2.45) is 0 Å². The van der Waals surface area contributed by atoms with Crippen LogP contribution in [-0.2, 0) is 9.53 Å². The molecule has 0 radical (unpaired) electrons. The number of hydrogen-bond donors (Lipinski definition) is 2. The van der Waals surface area contributed by atoms with Crippen molar-refractivity contribution < 1.29 is 19.4 Å². The summed E-state index contributed by atoms with van der Waals surface area (Å²) in [6.45, 7) is 9.19. The molecule has 0 aromatic heterocycles. The van der Waals surface area contributed by atoms with Crippen molar-refractivity contribution in [2.75, 3.05) is 0 Å². The number of carboxylic acid groups (broad SMARTS) is 1. The average Bonchev–Trinajstić information content (AvgIpc) is 2.39. The van der Waals surface area contributed by atoms with E-state index >= 15 is 0 Å². The van der Waals surface area contributed by atoms with Crippen molar-refractivity contribution >= 4 is 12.1 Å². The van der Waals surface area contributed by atoms with Crippen molar-refractivity contribution in [3.63, 3.8) is 0 Å². The van der Waals surface area contributed by atoms with Gasteiger partial charge in [0.15, 0.2) is 0 Å². The van der Waals surface area contributed by atoms with Gasteiger partial charge in [-0.2, -0.15) is 0 Å². The number of carbonyl (C=O) groups excluding carboxylic acids is 1. The molecule has 0 fully saturated rings. The van der Waals surface area contributed by atoms with Crippen molar-refractivity contribution in [3.05, 3.63) is 23.8 Å². The molecular weight excluding hydrogens is 270 g/mol. The minimum absolute atomic E-state index is 0.269. The lowest BCUT2D eigenvalue weighted by Crippen LogP contribution is -2.43. The summed E-state index contributed by atoms with van der Waals surface area (Å²) in [7, 11) is 0. The Kier molecular flexibility index (Phi) is 8.43. The van der Waals surface area contributed by atoms with Gasteiger partial charge in [0.05, 0.1) is 0 Å². The molecule has 1 amide bonds. The van der Waals surface area contributed by atoms with Gasteiger partial charge in [0.25, 0.3) is 0 Å². The van der Waals surface area contributed by atoms with E-state index in [1.807, 2.05) is 32.1 Å². The highest BCUT2D eigenvalue weighted by Crippen LogP contribution is 2.15. The van der Waals surface area contributed by atoms with Gasteiger partial charge in [-0.1, -0.05) is 32.1 Å². The van der Waals surface area contributed by atoms with Gasteiger partial charge in [-0.15, -0.1) is 0 Å². The molecule has 5 heteroatoms. The normalized spacial score (nSPS) is 15.2. The molecule has 1 unspecified atom stereocenters. The summed E-state index contributed by atoms with van der Waals surface area (Å²) < 4.78 is 5.06. The van der Waals surface area contributed by atoms with E-state index in [1.54, 1.807) is 20.8 Å². The van der Waals surface area contributed by atoms with Crippen molar-refractivity contribution in [3.8, 4) is 0 Å². The molecule has 0 heterocycles. The fourth-order valence-electron chi connectivity index (χ4n) is 1.70. The van der Waals surface area contributed by atoms with E-state index in [0.717, 1.165) is 18.4 Å². The maximum atomic E-state index is 11.6. The SMILES string of the molecule is CC.CC(C)(C)OC(=O)NC(CC1=CCCC=C1)C(=O)O. The minimum atomic E-state index is -1.06. The van der Waals surface area contributed by atoms with Gasteiger partial charge in [0.2, 0.25) is 0 Å². The zero-order chi connectivity index (χ0) is 16.5. The quantitative estimate of drug-likeness (QED) is 0.830. The molecule has 0 aromatic rings. The zero-order valence-electron chi connectivity index (χ0n) is 13.6. The van der Waals surface area contributed by atoms with Gasteiger partial charge >= 0.3 is 12.1 Å². The van der Waals surface area contributed by atoms with Crippen LogP contribution in [0.1, 0.15) is 53.9 Å². The molecule has 1 atom stereocenters. The predicted octanol–water partition coefficient (Wildman–Crippen LogP) is 3.66. The number of hydrogen-bond acceptors (Lipinski definition) is 3. The smallest absolute Gasteiger partial charge is 0.408 e. The van der Waals surface area contributed by atoms with Crippen LogP contribution in [0.4, 0.5) is 4.79 Å². The van der Waals surface area contributed by atoms with Gasteiger partial charge in [-0.05, 0) is 39.2 Å². The number of alkyl carbamates (subject to hydrolysis) is 1. The molecule has 1 aliphatic rings. The molecule has 0 aromatic carbocycles. The summed E-state index contributed by atoms with van der Waals surface area (Å²) in [6.07, 6.45) is 7.33. The average molecular weight is 297 g/mol. The lowest BCUT2D eigenvalue weighted by molar-refractivity contribution is -0.139. The lowest BCUT2D eigenvalue weighted by Gasteiger charge is -2.22. The van der Waals surface area contributed by atoms with Gasteiger partial charge in [-0.25, -0.2) is 9.59 Å². The van der Waals surface area contributed by atoms with Crippen LogP contribution >= 0.6 is 0 Å². The molecule has 5 nitrogen and oxygen atoms in total. The Morgan fingerprint density at radius 3 is 2.38 bits per heavy atom. The van der Waals surface area contributed by atoms with Gasteiger partial charge < -0.3 is 15.2 Å². The summed E-state index contributed by atoms with van der Waals surface area (Å²) in [4.78, 5) is 22.7. The van der Waals surface area contributed by atoms with E-state index in [0.29, 0.717) is 0 Å². The largest absolute Gasteiger partial charge is 0.480 e. The van der Waals surface area contributed by atoms with Crippen LogP contribution in [0.2, 0.25) is 0 Å². The number of aliphatic carboxylic acids is 1. The van der Waals surface area contributed by atoms with E-state index in [-0.39, 0.29) is 6.42 Å². The Morgan fingerprint density at radius 2 is 1.95 bits per heavy atom. The van der Waals surface area contributed by atoms with Crippen molar-refractivity contribution in [1.82, 2.24) is 5.32 Å². The molecule has 1 rings (SSSR count). The molecule has 1 aliphatic carbocycles. The van der Waals surface area contributed by atoms with Crippen LogP contribution in [0.25, 0.3) is 0 Å². The molecule has 0 aliphatic heterocycles. The fraction of sp³-hybridized carbons (Fsp3) is 0.625. The van der Waals surface area contributed by atoms with Crippen LogP contribution < -0.4 is 5.32 Å². The first-order chi connectivity index (χ1) is 9.78. The van der Waals surface area contributed by atoms with Crippen molar-refractivity contribution in [1.29, 1.82) is 0 Å². The second kappa shape index (κ2) is 9.21. The molecule has 0 bridgehead atoms. The van der Waals surface area contributed by atoms with Crippen LogP contribution in [0.3, 0.4) is 0 Å². The highest BCUT2D eigenvalue weighted by Gasteiger charge is 2.24. The molecule has 0 saturated heterocycles. The van der Waals surface area contributed by atoms with E-state index in [2.05, 4.69) is 5.32 Å². The third kappa shape index (κ3) is 8.89. The highest BCUT2D eigenvalue weighted by molar-refractivity contribution is 5.80. The van der Waals surface area contributed by atoms with Gasteiger partial charge in [0.1, 0.15) is 11.6 Å². The summed E-state index contributed by atoms with van der Waals surface area (Å²) in [6, 6.07) is -0.969. The van der Waals surface area contributed by atoms with Crippen LogP contribution in [0.15, 0.2) is 23.8 Å². The monoisotopic (exact) mass is 297 g/mol. The van der Waals surface area contributed by atoms with Crippen LogP contribution in [0, 0.1) is 0 Å². The van der Waals surface area contributed by atoms with Gasteiger partial charge in [0, 0.05) is 6.42 Å². The van der Waals surface area contributed by atoms with Crippen molar-refractivity contribution in [2.45, 2.75) is 65.5 Å². The highest BCUT2D eigenvalue weighted by atomic mass is 16.6. The number of rotatable bonds is 4. The van der Waals surface area contributed by atoms with E-state index in [1.165, 1.54) is 0 Å². The summed E-state index contributed by atoms with van der Waals surface area (Å²) >= 11 is 0. The molecule has 0 saturated carbocycles. The summed E-state index contributed by atoms with van der Waals surface area (Å²) in [5.74, 6) is -1.06. The lowest BCUT2D eigenvalue weighted by atomic mass is 10.0. The number of carbonyl (C=O) groups is 2. The predicted molar refractivity (Wildman–Crippen MR) is 83.2 cm³/mol. The first-order valence-corrected chi connectivity index (χ1v) is 7.36. The first-order valence-electron chi connectivity index (χ1n) is 7.36. The molecule has 21 heavy (non-hydrogen) atoms. The Labute approximate surface area is 127 Å². The number of allylic oxidation sites excluding steroid dienone is 3. The van der Waals surface area contributed by atoms with Crippen LogP contribution in [0.5, 0.6) is 0 Å². The maximum Gasteiger partial charge on any atom is 0.408 e. The Morgan fingerprint density at radius 1 is 1.33 bits per heavy atom. The number of ether oxygens (including phenoxy) is 1. The summed E-state index contributed by atoms with van der Waals surface area (Å²) in [5.41, 5.74) is 0.284. The Hall–Kier alpha value is -1.78. The zero-order valence-corrected chi connectivity index (χ0v) is 13.6. The first kappa shape index (κ1) is 19.2. The second-order valence-corrected chi connectivity index (χ2v) is 5.50. The number of amides is 1. The maximum absolute atomic E-state index is 11.6. The molecular formula is C16H27NO4.